The van der Waals surface area contributed by atoms with Crippen LogP contribution in [0.5, 0.6) is 17.2 Å². The van der Waals surface area contributed by atoms with Gasteiger partial charge in [-0.15, -0.1) is 23.1 Å². The quantitative estimate of drug-likeness (QED) is 0.788. The van der Waals surface area contributed by atoms with Crippen LogP contribution in [0.4, 0.5) is 0 Å². The minimum atomic E-state index is -0.840. The van der Waals surface area contributed by atoms with Gasteiger partial charge < -0.3 is 19.3 Å². The Morgan fingerprint density at radius 3 is 2.60 bits per heavy atom. The molecule has 1 saturated heterocycles. The predicted octanol–water partition coefficient (Wildman–Crippen LogP) is 2.62. The first-order valence-corrected chi connectivity index (χ1v) is 9.31. The second kappa shape index (κ2) is 7.51. The van der Waals surface area contributed by atoms with Crippen molar-refractivity contribution in [2.45, 2.75) is 11.4 Å². The molecule has 9 heteroatoms. The average molecular weight is 382 g/mol. The Hall–Kier alpha value is -1.97. The number of benzene rings is 1. The lowest BCUT2D eigenvalue weighted by Crippen LogP contribution is -2.33. The van der Waals surface area contributed by atoms with Crippen molar-refractivity contribution >= 4 is 29.1 Å². The van der Waals surface area contributed by atoms with Crippen LogP contribution in [0, 0.1) is 0 Å². The summed E-state index contributed by atoms with van der Waals surface area (Å²) in [5.41, 5.74) is 0.849. The van der Waals surface area contributed by atoms with Crippen LogP contribution in [-0.2, 0) is 4.79 Å². The lowest BCUT2D eigenvalue weighted by molar-refractivity contribution is -0.138. The minimum absolute atomic E-state index is 0.119. The Morgan fingerprint density at radius 1 is 1.24 bits per heavy atom. The molecule has 25 heavy (non-hydrogen) atoms. The number of thiazole rings is 1. The number of nitrogens with zero attached hydrogens (tertiary/aromatic N) is 1. The monoisotopic (exact) mass is 382 g/mol. The summed E-state index contributed by atoms with van der Waals surface area (Å²) in [6, 6.07) is 3.17. The van der Waals surface area contributed by atoms with Gasteiger partial charge in [0.15, 0.2) is 11.5 Å². The second-order valence-corrected chi connectivity index (χ2v) is 7.42. The molecule has 2 N–H and O–H groups in total. The standard InChI is InChI=1S/C16H18N2O5S2/c1-21-10-5-4-8(12(22-2)13(10)23-3)11-6-17-14(25-11)15-18-9(7-24-15)16(19)20/h4-6,9,15,18H,7H2,1-3H3,(H,19,20). The molecule has 7 nitrogen and oxygen atoms in total. The Labute approximate surface area is 153 Å². The fourth-order valence-corrected chi connectivity index (χ4v) is 4.90. The number of carboxylic acid groups (broad SMARTS) is 1. The van der Waals surface area contributed by atoms with Gasteiger partial charge in [0, 0.05) is 17.5 Å². The number of nitrogens with one attached hydrogen (secondary N) is 1. The van der Waals surface area contributed by atoms with Crippen LogP contribution < -0.4 is 19.5 Å². The number of rotatable bonds is 6. The number of aliphatic carboxylic acids is 1. The zero-order chi connectivity index (χ0) is 18.0. The molecular weight excluding hydrogens is 364 g/mol. The molecule has 2 unspecified atom stereocenters. The van der Waals surface area contributed by atoms with Crippen molar-refractivity contribution in [3.8, 4) is 27.7 Å². The van der Waals surface area contributed by atoms with Crippen LogP contribution in [0.1, 0.15) is 10.4 Å². The van der Waals surface area contributed by atoms with Gasteiger partial charge in [0.25, 0.3) is 0 Å². The van der Waals surface area contributed by atoms with Gasteiger partial charge in [0.05, 0.1) is 26.2 Å². The third kappa shape index (κ3) is 3.39. The summed E-state index contributed by atoms with van der Waals surface area (Å²) in [5.74, 6) is 1.37. The molecule has 0 amide bonds. The topological polar surface area (TPSA) is 89.9 Å². The molecule has 0 bridgehead atoms. The lowest BCUT2D eigenvalue weighted by atomic mass is 10.1. The molecule has 0 aliphatic carbocycles. The normalized spacial score (nSPS) is 19.6. The van der Waals surface area contributed by atoms with Crippen LogP contribution in [-0.4, -0.2) is 49.2 Å². The molecule has 134 valence electrons. The van der Waals surface area contributed by atoms with E-state index < -0.39 is 12.0 Å². The summed E-state index contributed by atoms with van der Waals surface area (Å²) >= 11 is 3.04. The largest absolute Gasteiger partial charge is 0.493 e. The summed E-state index contributed by atoms with van der Waals surface area (Å²) in [6.07, 6.45) is 1.76. The smallest absolute Gasteiger partial charge is 0.321 e. The molecule has 1 aromatic heterocycles. The Morgan fingerprint density at radius 2 is 2.00 bits per heavy atom. The molecule has 1 fully saturated rings. The van der Waals surface area contributed by atoms with E-state index in [4.69, 9.17) is 19.3 Å². The Kier molecular flexibility index (Phi) is 5.36. The lowest BCUT2D eigenvalue weighted by Gasteiger charge is -2.14. The first-order chi connectivity index (χ1) is 12.1. The first-order valence-electron chi connectivity index (χ1n) is 7.44. The predicted molar refractivity (Wildman–Crippen MR) is 97.0 cm³/mol. The highest BCUT2D eigenvalue weighted by Crippen LogP contribution is 2.46. The van der Waals surface area contributed by atoms with Crippen LogP contribution in [0.3, 0.4) is 0 Å². The van der Waals surface area contributed by atoms with E-state index in [0.717, 1.165) is 15.4 Å². The maximum absolute atomic E-state index is 11.1. The number of hydrogen-bond acceptors (Lipinski definition) is 8. The van der Waals surface area contributed by atoms with Crippen LogP contribution in [0.25, 0.3) is 10.4 Å². The first kappa shape index (κ1) is 17.8. The van der Waals surface area contributed by atoms with E-state index in [-0.39, 0.29) is 5.37 Å². The molecule has 1 aromatic carbocycles. The fraction of sp³-hybridized carbons (Fsp3) is 0.375. The molecular formula is C16H18N2O5S2. The van der Waals surface area contributed by atoms with E-state index >= 15 is 0 Å². The molecule has 0 radical (unpaired) electrons. The summed E-state index contributed by atoms with van der Waals surface area (Å²) < 4.78 is 16.2. The number of aromatic nitrogens is 1. The molecule has 0 spiro atoms. The second-order valence-electron chi connectivity index (χ2n) is 5.22. The van der Waals surface area contributed by atoms with E-state index in [9.17, 15) is 4.79 Å². The number of hydrogen-bond donors (Lipinski definition) is 2. The number of carbonyl (C=O) groups is 1. The maximum atomic E-state index is 11.1. The highest BCUT2D eigenvalue weighted by molar-refractivity contribution is 7.99. The minimum Gasteiger partial charge on any atom is -0.493 e. The third-order valence-electron chi connectivity index (χ3n) is 3.80. The van der Waals surface area contributed by atoms with E-state index in [1.165, 1.54) is 11.3 Å². The van der Waals surface area contributed by atoms with Crippen molar-refractivity contribution in [2.75, 3.05) is 27.1 Å². The fourth-order valence-electron chi connectivity index (χ4n) is 2.59. The van der Waals surface area contributed by atoms with Gasteiger partial charge in [-0.1, -0.05) is 0 Å². The van der Waals surface area contributed by atoms with Gasteiger partial charge in [0.2, 0.25) is 5.75 Å². The molecule has 1 aliphatic rings. The van der Waals surface area contributed by atoms with Gasteiger partial charge in [-0.05, 0) is 12.1 Å². The van der Waals surface area contributed by atoms with Crippen molar-refractivity contribution in [3.63, 3.8) is 0 Å². The van der Waals surface area contributed by atoms with Gasteiger partial charge in [-0.3, -0.25) is 10.1 Å². The maximum Gasteiger partial charge on any atom is 0.321 e. The SMILES string of the molecule is COc1ccc(-c2cnc(C3NC(C(=O)O)CS3)s2)c(OC)c1OC. The highest BCUT2D eigenvalue weighted by atomic mass is 32.2. The van der Waals surface area contributed by atoms with E-state index in [0.29, 0.717) is 23.0 Å². The van der Waals surface area contributed by atoms with Crippen molar-refractivity contribution in [1.29, 1.82) is 0 Å². The molecule has 2 heterocycles. The summed E-state index contributed by atoms with van der Waals surface area (Å²) in [6.45, 7) is 0. The van der Waals surface area contributed by atoms with Crippen molar-refractivity contribution in [3.05, 3.63) is 23.3 Å². The average Bonchev–Trinajstić information content (AvgIpc) is 3.29. The summed E-state index contributed by atoms with van der Waals surface area (Å²) in [4.78, 5) is 16.5. The summed E-state index contributed by atoms with van der Waals surface area (Å²) in [5, 5.41) is 12.9. The van der Waals surface area contributed by atoms with Crippen LogP contribution in [0.2, 0.25) is 0 Å². The molecule has 1 aliphatic heterocycles. The molecule has 2 atom stereocenters. The molecule has 2 aromatic rings. The van der Waals surface area contributed by atoms with Gasteiger partial charge in [-0.2, -0.15) is 0 Å². The van der Waals surface area contributed by atoms with Gasteiger partial charge in [-0.25, -0.2) is 4.98 Å². The van der Waals surface area contributed by atoms with Crippen molar-refractivity contribution < 1.29 is 24.1 Å². The molecule has 3 rings (SSSR count). The number of ether oxygens (including phenoxy) is 3. The van der Waals surface area contributed by atoms with E-state index in [2.05, 4.69) is 10.3 Å². The number of thioether (sulfide) groups is 1. The van der Waals surface area contributed by atoms with Crippen molar-refractivity contribution in [2.24, 2.45) is 0 Å². The Balaban J connectivity index is 1.91. The molecule has 0 saturated carbocycles. The zero-order valence-corrected chi connectivity index (χ0v) is 15.6. The van der Waals surface area contributed by atoms with Gasteiger partial charge >= 0.3 is 5.97 Å². The Bertz CT molecular complexity index is 780. The summed E-state index contributed by atoms with van der Waals surface area (Å²) in [7, 11) is 4.71. The van der Waals surface area contributed by atoms with Gasteiger partial charge in [0.1, 0.15) is 16.4 Å². The van der Waals surface area contributed by atoms with E-state index in [1.54, 1.807) is 39.3 Å². The number of carboxylic acids is 1. The zero-order valence-electron chi connectivity index (χ0n) is 13.9. The number of methoxy groups -OCH3 is 3. The van der Waals surface area contributed by atoms with Crippen molar-refractivity contribution in [1.82, 2.24) is 10.3 Å². The third-order valence-corrected chi connectivity index (χ3v) is 6.26. The van der Waals surface area contributed by atoms with E-state index in [1.807, 2.05) is 12.1 Å². The van der Waals surface area contributed by atoms with Crippen LogP contribution in [0.15, 0.2) is 18.3 Å². The van der Waals surface area contributed by atoms with Crippen LogP contribution >= 0.6 is 23.1 Å². The highest BCUT2D eigenvalue weighted by Gasteiger charge is 2.32.